The fraction of sp³-hybridized carbons (Fsp3) is 0.444. The van der Waals surface area contributed by atoms with Gasteiger partial charge in [-0.1, -0.05) is 12.1 Å². The molecule has 1 atom stereocenters. The minimum Gasteiger partial charge on any atom is -0.493 e. The van der Waals surface area contributed by atoms with Crippen molar-refractivity contribution in [2.24, 2.45) is 7.05 Å². The van der Waals surface area contributed by atoms with E-state index in [0.29, 0.717) is 18.8 Å². The molecule has 1 N–H and O–H groups in total. The number of hydrogen-bond donors (Lipinski definition) is 1. The van der Waals surface area contributed by atoms with Crippen LogP contribution in [0.2, 0.25) is 0 Å². The van der Waals surface area contributed by atoms with Crippen LogP contribution in [0.25, 0.3) is 0 Å². The Bertz CT molecular complexity index is 682. The molecule has 0 saturated carbocycles. The molecule has 6 nitrogen and oxygen atoms in total. The highest BCUT2D eigenvalue weighted by molar-refractivity contribution is 5.92. The fourth-order valence-electron chi connectivity index (χ4n) is 2.30. The maximum Gasteiger partial charge on any atom is 0.269 e. The third-order valence-corrected chi connectivity index (χ3v) is 3.78. The first-order chi connectivity index (χ1) is 11.5. The largest absolute Gasteiger partial charge is 0.493 e. The Kier molecular flexibility index (Phi) is 6.37. The second kappa shape index (κ2) is 8.49. The zero-order chi connectivity index (χ0) is 17.5. The van der Waals surface area contributed by atoms with Crippen molar-refractivity contribution < 1.29 is 14.3 Å². The molecule has 6 heteroatoms. The molecule has 0 aliphatic carbocycles. The van der Waals surface area contributed by atoms with E-state index in [2.05, 4.69) is 10.4 Å². The summed E-state index contributed by atoms with van der Waals surface area (Å²) in [7, 11) is 3.45. The predicted octanol–water partition coefficient (Wildman–Crippen LogP) is 2.46. The van der Waals surface area contributed by atoms with Crippen molar-refractivity contribution in [1.29, 1.82) is 0 Å². The van der Waals surface area contributed by atoms with Crippen LogP contribution in [-0.4, -0.2) is 35.5 Å². The summed E-state index contributed by atoms with van der Waals surface area (Å²) in [5.74, 6) is 0.653. The maximum atomic E-state index is 12.2. The number of aryl methyl sites for hydroxylation is 2. The molecule has 1 unspecified atom stereocenters. The summed E-state index contributed by atoms with van der Waals surface area (Å²) < 4.78 is 12.5. The van der Waals surface area contributed by atoms with Crippen LogP contribution in [0.3, 0.4) is 0 Å². The molecule has 0 fully saturated rings. The average molecular weight is 331 g/mol. The summed E-state index contributed by atoms with van der Waals surface area (Å²) in [5, 5.41) is 7.09. The van der Waals surface area contributed by atoms with Crippen LogP contribution >= 0.6 is 0 Å². The molecule has 0 bridgehead atoms. The lowest BCUT2D eigenvalue weighted by Gasteiger charge is -2.11. The van der Waals surface area contributed by atoms with Gasteiger partial charge >= 0.3 is 0 Å². The number of aromatic nitrogens is 2. The number of carbonyl (C=O) groups is 1. The summed E-state index contributed by atoms with van der Waals surface area (Å²) in [6.45, 7) is 4.91. The average Bonchev–Trinajstić information content (AvgIpc) is 2.91. The Morgan fingerprint density at radius 1 is 1.38 bits per heavy atom. The maximum absolute atomic E-state index is 12.2. The van der Waals surface area contributed by atoms with Crippen LogP contribution < -0.4 is 10.1 Å². The molecule has 2 rings (SSSR count). The van der Waals surface area contributed by atoms with Gasteiger partial charge in [0, 0.05) is 27.1 Å². The number of nitrogens with zero attached hydrogens (tertiary/aromatic N) is 2. The highest BCUT2D eigenvalue weighted by Gasteiger charge is 2.11. The number of hydrogen-bond acceptors (Lipinski definition) is 4. The van der Waals surface area contributed by atoms with E-state index in [4.69, 9.17) is 9.47 Å². The van der Waals surface area contributed by atoms with Gasteiger partial charge in [-0.15, -0.1) is 0 Å². The second-order valence-corrected chi connectivity index (χ2v) is 5.81. The summed E-state index contributed by atoms with van der Waals surface area (Å²) in [5.41, 5.74) is 2.36. The highest BCUT2D eigenvalue weighted by Crippen LogP contribution is 2.14. The lowest BCUT2D eigenvalue weighted by molar-refractivity contribution is 0.0938. The summed E-state index contributed by atoms with van der Waals surface area (Å²) in [6, 6.07) is 9.50. The number of ether oxygens (including phenoxy) is 2. The highest BCUT2D eigenvalue weighted by atomic mass is 16.5. The number of carbonyl (C=O) groups excluding carboxylic acids is 1. The summed E-state index contributed by atoms with van der Waals surface area (Å²) in [4.78, 5) is 12.2. The smallest absolute Gasteiger partial charge is 0.269 e. The van der Waals surface area contributed by atoms with Crippen molar-refractivity contribution in [2.75, 3.05) is 13.7 Å². The molecule has 1 aromatic heterocycles. The van der Waals surface area contributed by atoms with E-state index >= 15 is 0 Å². The van der Waals surface area contributed by atoms with Crippen molar-refractivity contribution in [1.82, 2.24) is 15.1 Å². The van der Waals surface area contributed by atoms with Gasteiger partial charge < -0.3 is 14.8 Å². The molecule has 0 saturated heterocycles. The van der Waals surface area contributed by atoms with Crippen LogP contribution in [-0.2, 0) is 18.3 Å². The second-order valence-electron chi connectivity index (χ2n) is 5.81. The van der Waals surface area contributed by atoms with Crippen molar-refractivity contribution in [2.45, 2.75) is 32.9 Å². The number of rotatable bonds is 8. The first-order valence-corrected chi connectivity index (χ1v) is 8.03. The van der Waals surface area contributed by atoms with Gasteiger partial charge in [0.25, 0.3) is 5.91 Å². The van der Waals surface area contributed by atoms with Crippen molar-refractivity contribution >= 4 is 5.91 Å². The van der Waals surface area contributed by atoms with Gasteiger partial charge in [0.2, 0.25) is 0 Å². The molecular weight excluding hydrogens is 306 g/mol. The first kappa shape index (κ1) is 18.0. The van der Waals surface area contributed by atoms with Crippen LogP contribution in [0.1, 0.15) is 35.1 Å². The van der Waals surface area contributed by atoms with Crippen LogP contribution in [0.4, 0.5) is 0 Å². The molecule has 0 aliphatic rings. The van der Waals surface area contributed by atoms with E-state index in [0.717, 1.165) is 23.4 Å². The van der Waals surface area contributed by atoms with Crippen molar-refractivity contribution in [3.05, 3.63) is 47.3 Å². The molecule has 1 heterocycles. The van der Waals surface area contributed by atoms with E-state index in [1.165, 1.54) is 0 Å². The monoisotopic (exact) mass is 331 g/mol. The third kappa shape index (κ3) is 5.09. The zero-order valence-corrected chi connectivity index (χ0v) is 14.7. The molecule has 1 amide bonds. The summed E-state index contributed by atoms with van der Waals surface area (Å²) in [6.07, 6.45) is 1.01. The normalized spacial score (nSPS) is 12.0. The molecular formula is C18H25N3O3. The molecule has 24 heavy (non-hydrogen) atoms. The fourth-order valence-corrected chi connectivity index (χ4v) is 2.30. The Morgan fingerprint density at radius 2 is 2.17 bits per heavy atom. The number of methoxy groups -OCH3 is 1. The Hall–Kier alpha value is -2.34. The van der Waals surface area contributed by atoms with E-state index < -0.39 is 0 Å². The lowest BCUT2D eigenvalue weighted by Crippen LogP contribution is -2.25. The first-order valence-electron chi connectivity index (χ1n) is 8.03. The standard InChI is InChI=1S/C18H25N3O3/c1-13-10-17(21(3)20-13)18(22)19-12-15-6-5-7-16(11-15)24-9-8-14(2)23-4/h5-7,10-11,14H,8-9,12H2,1-4H3,(H,19,22). The topological polar surface area (TPSA) is 65.4 Å². The third-order valence-electron chi connectivity index (χ3n) is 3.78. The molecule has 0 spiro atoms. The van der Waals surface area contributed by atoms with Gasteiger partial charge in [-0.05, 0) is 37.6 Å². The van der Waals surface area contributed by atoms with Crippen LogP contribution in [0.15, 0.2) is 30.3 Å². The molecule has 2 aromatic rings. The van der Waals surface area contributed by atoms with E-state index in [1.54, 1.807) is 24.9 Å². The Labute approximate surface area is 142 Å². The number of nitrogens with one attached hydrogen (secondary N) is 1. The van der Waals surface area contributed by atoms with E-state index in [9.17, 15) is 4.79 Å². The molecule has 130 valence electrons. The zero-order valence-electron chi connectivity index (χ0n) is 14.7. The lowest BCUT2D eigenvalue weighted by atomic mass is 10.2. The number of benzene rings is 1. The van der Waals surface area contributed by atoms with Gasteiger partial charge in [-0.2, -0.15) is 5.10 Å². The van der Waals surface area contributed by atoms with Gasteiger partial charge in [0.15, 0.2) is 0 Å². The SMILES string of the molecule is COC(C)CCOc1cccc(CNC(=O)c2cc(C)nn2C)c1. The quantitative estimate of drug-likeness (QED) is 0.807. The van der Waals surface area contributed by atoms with Gasteiger partial charge in [0.1, 0.15) is 11.4 Å². The van der Waals surface area contributed by atoms with Crippen LogP contribution in [0.5, 0.6) is 5.75 Å². The molecule has 0 radical (unpaired) electrons. The number of amides is 1. The molecule has 0 aliphatic heterocycles. The van der Waals surface area contributed by atoms with Gasteiger partial charge in [0.05, 0.1) is 18.4 Å². The minimum atomic E-state index is -0.140. The van der Waals surface area contributed by atoms with Crippen molar-refractivity contribution in [3.8, 4) is 5.75 Å². The molecule has 1 aromatic carbocycles. The summed E-state index contributed by atoms with van der Waals surface area (Å²) >= 11 is 0. The van der Waals surface area contributed by atoms with E-state index in [1.807, 2.05) is 38.1 Å². The Morgan fingerprint density at radius 3 is 2.83 bits per heavy atom. The van der Waals surface area contributed by atoms with E-state index in [-0.39, 0.29) is 12.0 Å². The Balaban J connectivity index is 1.87. The minimum absolute atomic E-state index is 0.140. The van der Waals surface area contributed by atoms with Crippen molar-refractivity contribution in [3.63, 3.8) is 0 Å². The van der Waals surface area contributed by atoms with Gasteiger partial charge in [-0.25, -0.2) is 0 Å². The van der Waals surface area contributed by atoms with Gasteiger partial charge in [-0.3, -0.25) is 9.48 Å². The predicted molar refractivity (Wildman–Crippen MR) is 92.1 cm³/mol. The van der Waals surface area contributed by atoms with Crippen LogP contribution in [0, 0.1) is 6.92 Å².